The van der Waals surface area contributed by atoms with Crippen LogP contribution in [0.5, 0.6) is 11.5 Å². The van der Waals surface area contributed by atoms with Crippen LogP contribution in [-0.4, -0.2) is 17.7 Å². The van der Waals surface area contributed by atoms with E-state index in [9.17, 15) is 14.4 Å². The molecule has 0 unspecified atom stereocenters. The van der Waals surface area contributed by atoms with E-state index in [0.29, 0.717) is 34.1 Å². The largest absolute Gasteiger partial charge is 0.457 e. The van der Waals surface area contributed by atoms with Crippen molar-refractivity contribution in [2.75, 3.05) is 15.5 Å². The monoisotopic (exact) mass is 537 g/mol. The third-order valence-corrected chi connectivity index (χ3v) is 6.33. The first-order chi connectivity index (χ1) is 18.8. The van der Waals surface area contributed by atoms with Crippen LogP contribution < -0.4 is 20.3 Å². The van der Waals surface area contributed by atoms with Crippen LogP contribution in [0.1, 0.15) is 21.5 Å². The van der Waals surface area contributed by atoms with Gasteiger partial charge >= 0.3 is 0 Å². The molecule has 1 heterocycles. The Balaban J connectivity index is 1.30. The number of carbonyl (C=O) groups is 3. The Labute approximate surface area is 230 Å². The molecule has 0 atom stereocenters. The van der Waals surface area contributed by atoms with Crippen LogP contribution in [0.2, 0.25) is 0 Å². The number of amides is 3. The van der Waals surface area contributed by atoms with E-state index in [1.807, 2.05) is 62.4 Å². The minimum absolute atomic E-state index is 0.0712. The Kier molecular flexibility index (Phi) is 7.17. The lowest BCUT2D eigenvalue weighted by Crippen LogP contribution is -2.32. The molecule has 3 amide bonds. The van der Waals surface area contributed by atoms with Gasteiger partial charge in [0.2, 0.25) is 0 Å². The molecule has 194 valence electrons. The summed E-state index contributed by atoms with van der Waals surface area (Å²) in [5, 5.41) is 5.57. The average molecular weight is 538 g/mol. The molecule has 0 aliphatic carbocycles. The first kappa shape index (κ1) is 25.8. The second-order valence-electron chi connectivity index (χ2n) is 9.08. The van der Waals surface area contributed by atoms with E-state index < -0.39 is 11.8 Å². The Hall–Kier alpha value is -4.88. The van der Waals surface area contributed by atoms with Crippen molar-refractivity contribution in [2.24, 2.45) is 0 Å². The van der Waals surface area contributed by atoms with E-state index in [0.717, 1.165) is 16.0 Å². The standard InChI is InChI=1S/C31H24ClN3O4/c1-19-15-20(2)17-23(16-19)34-29(36)21-7-6-8-22(18-21)33-28-27(32)30(37)35(31(28)38)24-11-13-26(14-12-24)39-25-9-4-3-5-10-25/h3-18,33H,1-2H3,(H,34,36). The second-order valence-corrected chi connectivity index (χ2v) is 9.46. The number of anilines is 3. The molecule has 2 N–H and O–H groups in total. The first-order valence-electron chi connectivity index (χ1n) is 12.2. The number of nitrogens with one attached hydrogen (secondary N) is 2. The normalized spacial score (nSPS) is 13.1. The quantitative estimate of drug-likeness (QED) is 0.254. The van der Waals surface area contributed by atoms with Crippen molar-refractivity contribution in [1.82, 2.24) is 0 Å². The lowest BCUT2D eigenvalue weighted by molar-refractivity contribution is -0.120. The van der Waals surface area contributed by atoms with Gasteiger partial charge in [-0.25, -0.2) is 4.90 Å². The van der Waals surface area contributed by atoms with Crippen molar-refractivity contribution >= 4 is 46.4 Å². The van der Waals surface area contributed by atoms with Crippen molar-refractivity contribution in [1.29, 1.82) is 0 Å². The molecule has 0 bridgehead atoms. The molecule has 8 heteroatoms. The number of nitrogens with zero attached hydrogens (tertiary/aromatic N) is 1. The third kappa shape index (κ3) is 5.68. The molecule has 1 aliphatic rings. The molecular formula is C31H24ClN3O4. The number of hydrogen-bond acceptors (Lipinski definition) is 5. The summed E-state index contributed by atoms with van der Waals surface area (Å²) in [5.41, 5.74) is 3.85. The molecule has 0 saturated carbocycles. The van der Waals surface area contributed by atoms with E-state index >= 15 is 0 Å². The van der Waals surface area contributed by atoms with Gasteiger partial charge in [-0.05, 0) is 91.7 Å². The maximum atomic E-state index is 13.2. The number of aryl methyl sites for hydroxylation is 2. The summed E-state index contributed by atoms with van der Waals surface area (Å²) in [6.07, 6.45) is 0. The van der Waals surface area contributed by atoms with Gasteiger partial charge in [-0.15, -0.1) is 0 Å². The van der Waals surface area contributed by atoms with Crippen LogP contribution in [0.4, 0.5) is 17.1 Å². The van der Waals surface area contributed by atoms with Gasteiger partial charge in [-0.3, -0.25) is 14.4 Å². The molecule has 1 aliphatic heterocycles. The second kappa shape index (κ2) is 10.8. The smallest absolute Gasteiger partial charge is 0.283 e. The highest BCUT2D eigenvalue weighted by molar-refractivity contribution is 6.53. The van der Waals surface area contributed by atoms with Gasteiger partial charge in [0.05, 0.1) is 5.69 Å². The van der Waals surface area contributed by atoms with Crippen LogP contribution in [0.3, 0.4) is 0 Å². The summed E-state index contributed by atoms with van der Waals surface area (Å²) in [4.78, 5) is 40.0. The number of hydrogen-bond donors (Lipinski definition) is 2. The molecule has 0 aromatic heterocycles. The number of benzene rings is 4. The predicted octanol–water partition coefficient (Wildman–Crippen LogP) is 6.78. The highest BCUT2D eigenvalue weighted by Gasteiger charge is 2.39. The zero-order valence-corrected chi connectivity index (χ0v) is 22.0. The average Bonchev–Trinajstić information content (AvgIpc) is 3.12. The minimum Gasteiger partial charge on any atom is -0.457 e. The Morgan fingerprint density at radius 3 is 2.10 bits per heavy atom. The molecule has 0 saturated heterocycles. The SMILES string of the molecule is Cc1cc(C)cc(NC(=O)c2cccc(NC3=C(Cl)C(=O)N(c4ccc(Oc5ccccc5)cc4)C3=O)c2)c1. The van der Waals surface area contributed by atoms with Crippen LogP contribution >= 0.6 is 11.6 Å². The van der Waals surface area contributed by atoms with E-state index in [1.165, 1.54) is 0 Å². The summed E-state index contributed by atoms with van der Waals surface area (Å²) < 4.78 is 5.78. The fraction of sp³-hybridized carbons (Fsp3) is 0.0645. The van der Waals surface area contributed by atoms with Gasteiger partial charge in [0.15, 0.2) is 0 Å². The fourth-order valence-corrected chi connectivity index (χ4v) is 4.48. The summed E-state index contributed by atoms with van der Waals surface area (Å²) in [7, 11) is 0. The first-order valence-corrected chi connectivity index (χ1v) is 12.5. The minimum atomic E-state index is -0.649. The number of carbonyl (C=O) groups excluding carboxylic acids is 3. The predicted molar refractivity (Wildman–Crippen MR) is 152 cm³/mol. The molecule has 0 fully saturated rings. The number of imide groups is 1. The zero-order chi connectivity index (χ0) is 27.5. The van der Waals surface area contributed by atoms with Crippen LogP contribution in [0.25, 0.3) is 0 Å². The summed E-state index contributed by atoms with van der Waals surface area (Å²) >= 11 is 6.30. The fourth-order valence-electron chi connectivity index (χ4n) is 4.27. The van der Waals surface area contributed by atoms with Crippen molar-refractivity contribution in [3.8, 4) is 11.5 Å². The molecule has 39 heavy (non-hydrogen) atoms. The van der Waals surface area contributed by atoms with Crippen molar-refractivity contribution < 1.29 is 19.1 Å². The molecular weight excluding hydrogens is 514 g/mol. The Morgan fingerprint density at radius 2 is 1.41 bits per heavy atom. The highest BCUT2D eigenvalue weighted by Crippen LogP contribution is 2.32. The van der Waals surface area contributed by atoms with Crippen LogP contribution in [-0.2, 0) is 9.59 Å². The molecule has 5 rings (SSSR count). The molecule has 7 nitrogen and oxygen atoms in total. The van der Waals surface area contributed by atoms with Crippen LogP contribution in [0.15, 0.2) is 108 Å². The van der Waals surface area contributed by atoms with Crippen molar-refractivity contribution in [3.05, 3.63) is 124 Å². The summed E-state index contributed by atoms with van der Waals surface area (Å²) in [6, 6.07) is 28.2. The van der Waals surface area contributed by atoms with Gasteiger partial charge in [0.1, 0.15) is 22.2 Å². The van der Waals surface area contributed by atoms with Gasteiger partial charge in [0, 0.05) is 16.9 Å². The molecule has 4 aromatic rings. The number of para-hydroxylation sites is 1. The number of halogens is 1. The lowest BCUT2D eigenvalue weighted by Gasteiger charge is -2.16. The molecule has 0 spiro atoms. The van der Waals surface area contributed by atoms with E-state index in [1.54, 1.807) is 48.5 Å². The molecule has 0 radical (unpaired) electrons. The summed E-state index contributed by atoms with van der Waals surface area (Å²) in [6.45, 7) is 3.92. The lowest BCUT2D eigenvalue weighted by atomic mass is 10.1. The van der Waals surface area contributed by atoms with Crippen molar-refractivity contribution in [3.63, 3.8) is 0 Å². The van der Waals surface area contributed by atoms with E-state index in [4.69, 9.17) is 16.3 Å². The van der Waals surface area contributed by atoms with E-state index in [-0.39, 0.29) is 16.6 Å². The van der Waals surface area contributed by atoms with Gasteiger partial charge in [-0.2, -0.15) is 0 Å². The highest BCUT2D eigenvalue weighted by atomic mass is 35.5. The van der Waals surface area contributed by atoms with Gasteiger partial charge < -0.3 is 15.4 Å². The van der Waals surface area contributed by atoms with Gasteiger partial charge in [0.25, 0.3) is 17.7 Å². The number of ether oxygens (including phenoxy) is 1. The Bertz CT molecular complexity index is 1590. The van der Waals surface area contributed by atoms with Crippen molar-refractivity contribution in [2.45, 2.75) is 13.8 Å². The maximum absolute atomic E-state index is 13.2. The summed E-state index contributed by atoms with van der Waals surface area (Å²) in [5.74, 6) is -0.342. The Morgan fingerprint density at radius 1 is 0.744 bits per heavy atom. The third-order valence-electron chi connectivity index (χ3n) is 5.97. The van der Waals surface area contributed by atoms with Gasteiger partial charge in [-0.1, -0.05) is 41.9 Å². The maximum Gasteiger partial charge on any atom is 0.283 e. The van der Waals surface area contributed by atoms with E-state index in [2.05, 4.69) is 10.6 Å². The van der Waals surface area contributed by atoms with Crippen LogP contribution in [0, 0.1) is 13.8 Å². The molecule has 4 aromatic carbocycles. The zero-order valence-electron chi connectivity index (χ0n) is 21.2. The topological polar surface area (TPSA) is 87.7 Å². The number of rotatable bonds is 7.